The minimum atomic E-state index is -0.946. The standard InChI is InChI=1S/C22H23ClN2O2/c1-2-3-8-15(16-9-6-7-12-19(16)23)13-21-24-14-20(25-21)17-10-4-5-11-18(17)22(26)27/h4-7,9-12,14-15H,2-3,8,13H2,1H3,(H,24,25)(H,26,27). The van der Waals surface area contributed by atoms with E-state index < -0.39 is 5.97 Å². The average Bonchev–Trinajstić information content (AvgIpc) is 3.14. The summed E-state index contributed by atoms with van der Waals surface area (Å²) in [7, 11) is 0. The maximum atomic E-state index is 11.5. The number of carboxylic acid groups (broad SMARTS) is 1. The molecular formula is C22H23ClN2O2. The van der Waals surface area contributed by atoms with Crippen molar-refractivity contribution >= 4 is 17.6 Å². The normalized spacial score (nSPS) is 12.1. The van der Waals surface area contributed by atoms with Crippen molar-refractivity contribution in [1.82, 2.24) is 9.97 Å². The van der Waals surface area contributed by atoms with E-state index in [-0.39, 0.29) is 11.5 Å². The summed E-state index contributed by atoms with van der Waals surface area (Å²) in [6.45, 7) is 2.18. The Morgan fingerprint density at radius 2 is 1.93 bits per heavy atom. The zero-order valence-corrected chi connectivity index (χ0v) is 16.0. The van der Waals surface area contributed by atoms with E-state index in [0.29, 0.717) is 5.56 Å². The number of hydrogen-bond donors (Lipinski definition) is 2. The van der Waals surface area contributed by atoms with Crippen LogP contribution in [0.4, 0.5) is 0 Å². The molecule has 0 spiro atoms. The zero-order valence-electron chi connectivity index (χ0n) is 15.3. The van der Waals surface area contributed by atoms with Gasteiger partial charge in [-0.05, 0) is 30.0 Å². The van der Waals surface area contributed by atoms with Gasteiger partial charge in [0.05, 0.1) is 17.5 Å². The van der Waals surface area contributed by atoms with Crippen molar-refractivity contribution in [3.63, 3.8) is 0 Å². The molecule has 1 atom stereocenters. The van der Waals surface area contributed by atoms with Crippen molar-refractivity contribution in [3.8, 4) is 11.3 Å². The molecule has 0 fully saturated rings. The van der Waals surface area contributed by atoms with Gasteiger partial charge in [-0.25, -0.2) is 9.78 Å². The van der Waals surface area contributed by atoms with Crippen LogP contribution in [0, 0.1) is 0 Å². The number of nitrogens with one attached hydrogen (secondary N) is 1. The molecule has 0 aliphatic rings. The van der Waals surface area contributed by atoms with Crippen LogP contribution in [0.15, 0.2) is 54.7 Å². The second-order valence-electron chi connectivity index (χ2n) is 6.66. The molecule has 1 unspecified atom stereocenters. The number of rotatable bonds is 8. The number of carboxylic acids is 1. The monoisotopic (exact) mass is 382 g/mol. The third kappa shape index (κ3) is 4.58. The highest BCUT2D eigenvalue weighted by Gasteiger charge is 2.18. The smallest absolute Gasteiger partial charge is 0.336 e. The maximum absolute atomic E-state index is 11.5. The van der Waals surface area contributed by atoms with Gasteiger partial charge >= 0.3 is 5.97 Å². The summed E-state index contributed by atoms with van der Waals surface area (Å²) in [5.41, 5.74) is 2.76. The Bertz CT molecular complexity index is 920. The number of nitrogens with zero attached hydrogens (tertiary/aromatic N) is 1. The van der Waals surface area contributed by atoms with Gasteiger partial charge in [0, 0.05) is 17.0 Å². The Morgan fingerprint density at radius 1 is 1.19 bits per heavy atom. The van der Waals surface area contributed by atoms with Crippen molar-refractivity contribution in [1.29, 1.82) is 0 Å². The van der Waals surface area contributed by atoms with E-state index in [0.717, 1.165) is 47.8 Å². The van der Waals surface area contributed by atoms with Gasteiger partial charge < -0.3 is 10.1 Å². The highest BCUT2D eigenvalue weighted by Crippen LogP contribution is 2.31. The molecule has 4 nitrogen and oxygen atoms in total. The summed E-state index contributed by atoms with van der Waals surface area (Å²) in [6.07, 6.45) is 5.71. The lowest BCUT2D eigenvalue weighted by Gasteiger charge is -2.17. The summed E-state index contributed by atoms with van der Waals surface area (Å²) in [5, 5.41) is 10.2. The number of carbonyl (C=O) groups is 1. The van der Waals surface area contributed by atoms with Crippen LogP contribution in [-0.2, 0) is 6.42 Å². The molecule has 140 valence electrons. The van der Waals surface area contributed by atoms with Gasteiger partial charge in [-0.15, -0.1) is 0 Å². The summed E-state index contributed by atoms with van der Waals surface area (Å²) in [6, 6.07) is 14.9. The van der Waals surface area contributed by atoms with Gasteiger partial charge in [-0.3, -0.25) is 0 Å². The number of imidazole rings is 1. The van der Waals surface area contributed by atoms with Crippen LogP contribution in [0.3, 0.4) is 0 Å². The molecule has 0 saturated heterocycles. The van der Waals surface area contributed by atoms with Gasteiger partial charge in [-0.1, -0.05) is 67.8 Å². The Kier molecular flexibility index (Phi) is 6.30. The first-order valence-electron chi connectivity index (χ1n) is 9.21. The number of hydrogen-bond acceptors (Lipinski definition) is 2. The number of aromatic carboxylic acids is 1. The van der Waals surface area contributed by atoms with Gasteiger partial charge in [0.2, 0.25) is 0 Å². The molecule has 1 heterocycles. The molecule has 0 amide bonds. The third-order valence-corrected chi connectivity index (χ3v) is 5.11. The molecule has 0 aliphatic heterocycles. The molecule has 0 radical (unpaired) electrons. The van der Waals surface area contributed by atoms with Crippen molar-refractivity contribution in [2.45, 2.75) is 38.5 Å². The number of benzene rings is 2. The number of aromatic amines is 1. The van der Waals surface area contributed by atoms with E-state index >= 15 is 0 Å². The SMILES string of the molecule is CCCCC(Cc1ncc(-c2ccccc2C(=O)O)[nH]1)c1ccccc1Cl. The minimum absolute atomic E-state index is 0.265. The summed E-state index contributed by atoms with van der Waals surface area (Å²) in [4.78, 5) is 19.3. The number of halogens is 1. The van der Waals surface area contributed by atoms with E-state index in [2.05, 4.69) is 23.0 Å². The third-order valence-electron chi connectivity index (χ3n) is 4.77. The fourth-order valence-electron chi connectivity index (χ4n) is 3.37. The van der Waals surface area contributed by atoms with Crippen LogP contribution in [0.5, 0.6) is 0 Å². The van der Waals surface area contributed by atoms with Gasteiger partial charge in [-0.2, -0.15) is 0 Å². The molecule has 1 aromatic heterocycles. The highest BCUT2D eigenvalue weighted by molar-refractivity contribution is 6.31. The Hall–Kier alpha value is -2.59. The summed E-state index contributed by atoms with van der Waals surface area (Å²) < 4.78 is 0. The van der Waals surface area contributed by atoms with E-state index in [9.17, 15) is 9.90 Å². The van der Waals surface area contributed by atoms with Gasteiger partial charge in [0.15, 0.2) is 0 Å². The Balaban J connectivity index is 1.87. The van der Waals surface area contributed by atoms with E-state index in [1.807, 2.05) is 24.3 Å². The fraction of sp³-hybridized carbons (Fsp3) is 0.273. The molecule has 3 rings (SSSR count). The molecule has 5 heteroatoms. The molecule has 2 N–H and O–H groups in total. The Labute approximate surface area is 164 Å². The zero-order chi connectivity index (χ0) is 19.2. The van der Waals surface area contributed by atoms with Gasteiger partial charge in [0.25, 0.3) is 0 Å². The van der Waals surface area contributed by atoms with Crippen molar-refractivity contribution in [3.05, 3.63) is 76.7 Å². The number of H-pyrrole nitrogens is 1. The van der Waals surface area contributed by atoms with Crippen molar-refractivity contribution in [2.24, 2.45) is 0 Å². The Morgan fingerprint density at radius 3 is 2.67 bits per heavy atom. The summed E-state index contributed by atoms with van der Waals surface area (Å²) in [5.74, 6) is 0.164. The predicted octanol–water partition coefficient (Wildman–Crippen LogP) is 5.94. The molecule has 2 aromatic carbocycles. The molecule has 3 aromatic rings. The highest BCUT2D eigenvalue weighted by atomic mass is 35.5. The first-order valence-corrected chi connectivity index (χ1v) is 9.59. The topological polar surface area (TPSA) is 66.0 Å². The van der Waals surface area contributed by atoms with Crippen molar-refractivity contribution in [2.75, 3.05) is 0 Å². The quantitative estimate of drug-likeness (QED) is 0.506. The molecule has 0 aliphatic carbocycles. The van der Waals surface area contributed by atoms with Crippen LogP contribution in [-0.4, -0.2) is 21.0 Å². The lowest BCUT2D eigenvalue weighted by Crippen LogP contribution is -2.05. The molecule has 27 heavy (non-hydrogen) atoms. The second kappa shape index (κ2) is 8.87. The lowest BCUT2D eigenvalue weighted by molar-refractivity contribution is 0.0697. The summed E-state index contributed by atoms with van der Waals surface area (Å²) >= 11 is 6.42. The lowest BCUT2D eigenvalue weighted by atomic mass is 9.90. The number of aromatic nitrogens is 2. The van der Waals surface area contributed by atoms with E-state index in [4.69, 9.17) is 11.6 Å². The average molecular weight is 383 g/mol. The first-order chi connectivity index (χ1) is 13.1. The van der Waals surface area contributed by atoms with Crippen LogP contribution in [0.1, 0.15) is 53.8 Å². The van der Waals surface area contributed by atoms with E-state index in [1.165, 1.54) is 0 Å². The van der Waals surface area contributed by atoms with Crippen LogP contribution < -0.4 is 0 Å². The minimum Gasteiger partial charge on any atom is -0.478 e. The van der Waals surface area contributed by atoms with E-state index in [1.54, 1.807) is 24.4 Å². The second-order valence-corrected chi connectivity index (χ2v) is 7.07. The first kappa shape index (κ1) is 19.2. The number of unbranched alkanes of at least 4 members (excludes halogenated alkanes) is 1. The molecular weight excluding hydrogens is 360 g/mol. The van der Waals surface area contributed by atoms with Crippen LogP contribution >= 0.6 is 11.6 Å². The molecule has 0 saturated carbocycles. The van der Waals surface area contributed by atoms with Gasteiger partial charge in [0.1, 0.15) is 5.82 Å². The maximum Gasteiger partial charge on any atom is 0.336 e. The largest absolute Gasteiger partial charge is 0.478 e. The molecule has 0 bridgehead atoms. The predicted molar refractivity (Wildman–Crippen MR) is 108 cm³/mol. The fourth-order valence-corrected chi connectivity index (χ4v) is 3.66. The van der Waals surface area contributed by atoms with Crippen LogP contribution in [0.25, 0.3) is 11.3 Å². The van der Waals surface area contributed by atoms with Crippen LogP contribution in [0.2, 0.25) is 5.02 Å². The van der Waals surface area contributed by atoms with Crippen molar-refractivity contribution < 1.29 is 9.90 Å².